The van der Waals surface area contributed by atoms with Gasteiger partial charge in [0.1, 0.15) is 18.5 Å². The Morgan fingerprint density at radius 3 is 2.71 bits per heavy atom. The minimum atomic E-state index is -0.490. The van der Waals surface area contributed by atoms with Crippen molar-refractivity contribution in [3.8, 4) is 5.75 Å². The minimum absolute atomic E-state index is 0.342. The molecule has 0 fully saturated rings. The van der Waals surface area contributed by atoms with E-state index in [0.717, 1.165) is 11.1 Å². The van der Waals surface area contributed by atoms with Crippen LogP contribution in [-0.2, 0) is 0 Å². The van der Waals surface area contributed by atoms with Crippen LogP contribution in [0.4, 0.5) is 0 Å². The third-order valence-corrected chi connectivity index (χ3v) is 2.45. The second-order valence-electron chi connectivity index (χ2n) is 2.97. The summed E-state index contributed by atoms with van der Waals surface area (Å²) in [7, 11) is 0. The third-order valence-electron chi connectivity index (χ3n) is 2.05. The van der Waals surface area contributed by atoms with Crippen LogP contribution >= 0.6 is 11.6 Å². The van der Waals surface area contributed by atoms with E-state index in [1.54, 1.807) is 6.07 Å². The molecule has 1 atom stereocenters. The summed E-state index contributed by atoms with van der Waals surface area (Å²) in [5, 5.41) is 10.1. The summed E-state index contributed by atoms with van der Waals surface area (Å²) in [4.78, 5) is 0. The molecule has 1 heterocycles. The summed E-state index contributed by atoms with van der Waals surface area (Å²) in [6.07, 6.45) is -0.490. The quantitative estimate of drug-likeness (QED) is 0.719. The summed E-state index contributed by atoms with van der Waals surface area (Å²) in [5.74, 6) is 0.707. The van der Waals surface area contributed by atoms with Gasteiger partial charge in [-0.1, -0.05) is 25.4 Å². The molecule has 2 rings (SSSR count). The van der Waals surface area contributed by atoms with E-state index in [1.165, 1.54) is 0 Å². The van der Waals surface area contributed by atoms with E-state index >= 15 is 0 Å². The Morgan fingerprint density at radius 2 is 2.07 bits per heavy atom. The van der Waals surface area contributed by atoms with Gasteiger partial charge in [0.2, 0.25) is 0 Å². The van der Waals surface area contributed by atoms with E-state index in [4.69, 9.17) is 16.3 Å². The number of ether oxygens (including phenoxy) is 1. The molecular weight excluding hydrogens is 200 g/mol. The largest absolute Gasteiger partial charge is 0.490 e. The van der Waals surface area contributed by atoms with Gasteiger partial charge in [-0.2, -0.15) is 0 Å². The second kappa shape index (κ2) is 4.67. The molecule has 1 aliphatic heterocycles. The highest BCUT2D eigenvalue weighted by atomic mass is 35.5. The highest BCUT2D eigenvalue weighted by Gasteiger charge is 2.22. The zero-order valence-corrected chi connectivity index (χ0v) is 9.43. The van der Waals surface area contributed by atoms with Crippen molar-refractivity contribution in [2.24, 2.45) is 0 Å². The summed E-state index contributed by atoms with van der Waals surface area (Å²) >= 11 is 5.88. The van der Waals surface area contributed by atoms with Gasteiger partial charge < -0.3 is 9.84 Å². The Kier molecular flexibility index (Phi) is 3.78. The molecule has 0 saturated carbocycles. The number of hydrogen-bond acceptors (Lipinski definition) is 2. The Morgan fingerprint density at radius 1 is 1.43 bits per heavy atom. The van der Waals surface area contributed by atoms with E-state index in [0.29, 0.717) is 17.4 Å². The topological polar surface area (TPSA) is 29.5 Å². The zero-order chi connectivity index (χ0) is 10.7. The molecule has 14 heavy (non-hydrogen) atoms. The molecule has 0 aromatic heterocycles. The van der Waals surface area contributed by atoms with Crippen molar-refractivity contribution < 1.29 is 9.84 Å². The van der Waals surface area contributed by atoms with Crippen LogP contribution < -0.4 is 4.74 Å². The summed E-state index contributed by atoms with van der Waals surface area (Å²) in [6, 6.07) is 3.62. The number of aliphatic hydroxyl groups excluding tert-OH is 1. The van der Waals surface area contributed by atoms with Crippen molar-refractivity contribution >= 4 is 11.6 Å². The van der Waals surface area contributed by atoms with Crippen molar-refractivity contribution in [1.29, 1.82) is 0 Å². The van der Waals surface area contributed by atoms with Gasteiger partial charge >= 0.3 is 0 Å². The van der Waals surface area contributed by atoms with E-state index in [1.807, 2.05) is 26.8 Å². The van der Waals surface area contributed by atoms with Gasteiger partial charge in [-0.15, -0.1) is 0 Å². The first-order chi connectivity index (χ1) is 6.68. The molecule has 0 spiro atoms. The highest BCUT2D eigenvalue weighted by molar-refractivity contribution is 6.31. The van der Waals surface area contributed by atoms with Crippen LogP contribution in [0, 0.1) is 6.92 Å². The van der Waals surface area contributed by atoms with Crippen molar-refractivity contribution in [3.05, 3.63) is 28.3 Å². The van der Waals surface area contributed by atoms with Crippen molar-refractivity contribution in [2.75, 3.05) is 6.61 Å². The molecule has 1 unspecified atom stereocenters. The monoisotopic (exact) mass is 214 g/mol. The molecule has 78 valence electrons. The number of benzene rings is 1. The molecule has 3 heteroatoms. The lowest BCUT2D eigenvalue weighted by Gasteiger charge is -2.02. The maximum absolute atomic E-state index is 9.43. The van der Waals surface area contributed by atoms with E-state index in [2.05, 4.69) is 0 Å². The average molecular weight is 215 g/mol. The first-order valence-corrected chi connectivity index (χ1v) is 5.17. The number of hydrogen-bond donors (Lipinski definition) is 1. The summed E-state index contributed by atoms with van der Waals surface area (Å²) < 4.78 is 5.21. The number of halogens is 1. The fourth-order valence-corrected chi connectivity index (χ4v) is 1.48. The SMILES string of the molecule is CC.Cc1cc2c(cc1Cl)OCC2O. The molecule has 0 aliphatic carbocycles. The maximum atomic E-state index is 9.43. The smallest absolute Gasteiger partial charge is 0.126 e. The summed E-state index contributed by atoms with van der Waals surface area (Å²) in [5.41, 5.74) is 1.82. The molecule has 0 amide bonds. The molecule has 2 nitrogen and oxygen atoms in total. The van der Waals surface area contributed by atoms with Crippen LogP contribution in [0.2, 0.25) is 5.02 Å². The molecule has 1 aliphatic rings. The number of aliphatic hydroxyl groups is 1. The molecule has 1 N–H and O–H groups in total. The Hall–Kier alpha value is -0.730. The first kappa shape index (κ1) is 11.3. The lowest BCUT2D eigenvalue weighted by molar-refractivity contribution is 0.140. The van der Waals surface area contributed by atoms with Gasteiger partial charge in [0.25, 0.3) is 0 Å². The van der Waals surface area contributed by atoms with E-state index in [9.17, 15) is 5.11 Å². The van der Waals surface area contributed by atoms with Crippen LogP contribution in [0.25, 0.3) is 0 Å². The molecular formula is C11H15ClO2. The Balaban J connectivity index is 0.000000461. The lowest BCUT2D eigenvalue weighted by atomic mass is 10.1. The predicted molar refractivity (Wildman–Crippen MR) is 58.0 cm³/mol. The summed E-state index contributed by atoms with van der Waals surface area (Å²) in [6.45, 7) is 6.25. The van der Waals surface area contributed by atoms with Crippen LogP contribution in [0.3, 0.4) is 0 Å². The third kappa shape index (κ3) is 2.02. The first-order valence-electron chi connectivity index (χ1n) is 4.79. The molecule has 0 saturated heterocycles. The van der Waals surface area contributed by atoms with Crippen LogP contribution in [-0.4, -0.2) is 11.7 Å². The van der Waals surface area contributed by atoms with Crippen molar-refractivity contribution in [3.63, 3.8) is 0 Å². The van der Waals surface area contributed by atoms with Crippen LogP contribution in [0.5, 0.6) is 5.75 Å². The fraction of sp³-hybridized carbons (Fsp3) is 0.455. The lowest BCUT2D eigenvalue weighted by Crippen LogP contribution is -1.97. The normalized spacial score (nSPS) is 17.9. The van der Waals surface area contributed by atoms with Gasteiger partial charge in [0.05, 0.1) is 0 Å². The molecule has 0 radical (unpaired) electrons. The fourth-order valence-electron chi connectivity index (χ4n) is 1.33. The predicted octanol–water partition coefficient (Wildman–Crippen LogP) is 3.10. The number of fused-ring (bicyclic) bond motifs is 1. The Bertz CT molecular complexity index is 323. The molecule has 0 bridgehead atoms. The standard InChI is InChI=1S/C9H9ClO2.C2H6/c1-5-2-6-8(11)4-12-9(6)3-7(5)10;1-2/h2-3,8,11H,4H2,1H3;1-2H3. The zero-order valence-electron chi connectivity index (χ0n) is 8.67. The van der Waals surface area contributed by atoms with Crippen LogP contribution in [0.15, 0.2) is 12.1 Å². The van der Waals surface area contributed by atoms with Crippen LogP contribution in [0.1, 0.15) is 31.1 Å². The van der Waals surface area contributed by atoms with Gasteiger partial charge in [-0.05, 0) is 24.6 Å². The van der Waals surface area contributed by atoms with Crippen molar-refractivity contribution in [1.82, 2.24) is 0 Å². The molecule has 1 aromatic rings. The average Bonchev–Trinajstić information content (AvgIpc) is 2.53. The number of aryl methyl sites for hydroxylation is 1. The van der Waals surface area contributed by atoms with Gasteiger partial charge in [-0.3, -0.25) is 0 Å². The number of rotatable bonds is 0. The van der Waals surface area contributed by atoms with E-state index < -0.39 is 6.10 Å². The Labute approximate surface area is 89.5 Å². The maximum Gasteiger partial charge on any atom is 0.126 e. The van der Waals surface area contributed by atoms with Gasteiger partial charge in [0.15, 0.2) is 0 Å². The molecule has 1 aromatic carbocycles. The van der Waals surface area contributed by atoms with E-state index in [-0.39, 0.29) is 0 Å². The second-order valence-corrected chi connectivity index (χ2v) is 3.37. The minimum Gasteiger partial charge on any atom is -0.490 e. The van der Waals surface area contributed by atoms with Crippen molar-refractivity contribution in [2.45, 2.75) is 26.9 Å². The van der Waals surface area contributed by atoms with Gasteiger partial charge in [0, 0.05) is 10.6 Å². The van der Waals surface area contributed by atoms with Gasteiger partial charge in [-0.25, -0.2) is 0 Å². The highest BCUT2D eigenvalue weighted by Crippen LogP contribution is 2.35.